The van der Waals surface area contributed by atoms with Crippen LogP contribution in [0.2, 0.25) is 0 Å². The van der Waals surface area contributed by atoms with E-state index >= 15 is 0 Å². The Hall–Kier alpha value is -4.15. The largest absolute Gasteiger partial charge is 0.494 e. The van der Waals surface area contributed by atoms with Gasteiger partial charge in [-0.2, -0.15) is 4.98 Å². The molecule has 0 aliphatic carbocycles. The molecule has 0 saturated carbocycles. The number of nitrogens with one attached hydrogen (secondary N) is 1. The second kappa shape index (κ2) is 13.4. The number of likely N-dealkylation sites (tertiary alicyclic amines) is 1. The number of rotatable bonds is 7. The molecule has 2 aromatic carbocycles. The molecule has 2 heterocycles. The Morgan fingerprint density at radius 1 is 1.02 bits per heavy atom. The van der Waals surface area contributed by atoms with Gasteiger partial charge in [-0.25, -0.2) is 9.59 Å². The number of unbranched alkanes of at least 4 members (excludes halogenated alkanes) is 2. The van der Waals surface area contributed by atoms with Crippen LogP contribution in [-0.2, 0) is 9.47 Å². The van der Waals surface area contributed by atoms with Crippen LogP contribution in [0.5, 0.6) is 5.75 Å². The fraction of sp³-hybridized carbons (Fsp3) is 0.531. The fourth-order valence-electron chi connectivity index (χ4n) is 4.69. The monoisotopic (exact) mass is 593 g/mol. The summed E-state index contributed by atoms with van der Waals surface area (Å²) in [4.78, 5) is 35.9. The van der Waals surface area contributed by atoms with Crippen LogP contribution in [0, 0.1) is 0 Å². The first-order chi connectivity index (χ1) is 20.3. The summed E-state index contributed by atoms with van der Waals surface area (Å²) in [5, 5.41) is 8.96. The van der Waals surface area contributed by atoms with Crippen molar-refractivity contribution in [2.24, 2.45) is 4.99 Å². The molecule has 1 saturated heterocycles. The number of alkyl carbamates (subject to hydrolysis) is 1. The van der Waals surface area contributed by atoms with Crippen LogP contribution < -0.4 is 10.1 Å². The quantitative estimate of drug-likeness (QED) is 0.169. The summed E-state index contributed by atoms with van der Waals surface area (Å²) < 4.78 is 22.4. The Morgan fingerprint density at radius 3 is 2.47 bits per heavy atom. The minimum absolute atomic E-state index is 0.00386. The molecular formula is C32H43N5O6. The molecule has 1 aliphatic rings. The van der Waals surface area contributed by atoms with Gasteiger partial charge in [0.1, 0.15) is 23.0 Å². The van der Waals surface area contributed by atoms with E-state index in [4.69, 9.17) is 23.7 Å². The summed E-state index contributed by atoms with van der Waals surface area (Å²) in [7, 11) is 0. The molecule has 43 heavy (non-hydrogen) atoms. The lowest BCUT2D eigenvalue weighted by atomic mass is 10.1. The molecule has 1 N–H and O–H groups in total. The molecule has 4 rings (SSSR count). The number of aromatic nitrogens is 2. The standard InChI is InChI=1S/C32H43N5O6/c1-8-9-10-18-40-24-16-15-21-19-23(14-13-22(21)20-24)26-33-27(43-36-26)25-12-11-17-37(25)28(34-29(38)41-31(2,3)4)35-30(39)42-32(5,6)7/h13-16,19-20,25H,8-12,17-18H2,1-7H3,(H,34,35,38,39). The van der Waals surface area contributed by atoms with Crippen LogP contribution >= 0.6 is 0 Å². The number of aliphatic imine (C=N–C) groups is 1. The molecule has 0 spiro atoms. The van der Waals surface area contributed by atoms with E-state index in [0.717, 1.165) is 47.8 Å². The first-order valence-electron chi connectivity index (χ1n) is 14.9. The average molecular weight is 594 g/mol. The number of guanidine groups is 1. The van der Waals surface area contributed by atoms with Crippen molar-refractivity contribution in [2.45, 2.75) is 97.8 Å². The van der Waals surface area contributed by atoms with Crippen LogP contribution in [0.15, 0.2) is 45.9 Å². The van der Waals surface area contributed by atoms with Crippen molar-refractivity contribution in [3.63, 3.8) is 0 Å². The lowest BCUT2D eigenvalue weighted by Gasteiger charge is -2.27. The van der Waals surface area contributed by atoms with Gasteiger partial charge in [-0.1, -0.05) is 43.1 Å². The highest BCUT2D eigenvalue weighted by Gasteiger charge is 2.35. The van der Waals surface area contributed by atoms with E-state index in [2.05, 4.69) is 22.4 Å². The third kappa shape index (κ3) is 9.17. The Labute approximate surface area is 253 Å². The molecule has 3 aromatic rings. The van der Waals surface area contributed by atoms with E-state index in [1.54, 1.807) is 46.4 Å². The first kappa shape index (κ1) is 31.8. The third-order valence-corrected chi connectivity index (χ3v) is 6.54. The molecule has 1 aromatic heterocycles. The van der Waals surface area contributed by atoms with Crippen molar-refractivity contribution < 1.29 is 28.3 Å². The second-order valence-corrected chi connectivity index (χ2v) is 12.6. The zero-order valence-corrected chi connectivity index (χ0v) is 26.2. The Morgan fingerprint density at radius 2 is 1.74 bits per heavy atom. The van der Waals surface area contributed by atoms with Crippen molar-refractivity contribution in [1.82, 2.24) is 20.4 Å². The van der Waals surface area contributed by atoms with E-state index in [1.807, 2.05) is 36.4 Å². The predicted molar refractivity (Wildman–Crippen MR) is 164 cm³/mol. The summed E-state index contributed by atoms with van der Waals surface area (Å²) in [6.07, 6.45) is 3.19. The number of hydrogen-bond donors (Lipinski definition) is 1. The van der Waals surface area contributed by atoms with Gasteiger partial charge in [0, 0.05) is 12.1 Å². The first-order valence-corrected chi connectivity index (χ1v) is 14.9. The van der Waals surface area contributed by atoms with E-state index in [1.165, 1.54) is 0 Å². The highest BCUT2D eigenvalue weighted by atomic mass is 16.6. The molecule has 0 radical (unpaired) electrons. The van der Waals surface area contributed by atoms with Gasteiger partial charge in [-0.15, -0.1) is 4.99 Å². The van der Waals surface area contributed by atoms with Crippen LogP contribution in [0.4, 0.5) is 9.59 Å². The highest BCUT2D eigenvalue weighted by molar-refractivity contribution is 5.99. The van der Waals surface area contributed by atoms with Crippen LogP contribution in [0.1, 0.15) is 92.5 Å². The lowest BCUT2D eigenvalue weighted by Crippen LogP contribution is -2.46. The SMILES string of the molecule is CCCCCOc1ccc2cc(-c3noc(C4CCCN4C(=NC(=O)OC(C)(C)C)NC(=O)OC(C)(C)C)n3)ccc2c1. The number of carbonyl (C=O) groups is 2. The minimum atomic E-state index is -0.832. The summed E-state index contributed by atoms with van der Waals surface area (Å²) in [6.45, 7) is 13.9. The predicted octanol–water partition coefficient (Wildman–Crippen LogP) is 7.41. The number of carbonyl (C=O) groups excluding carboxylic acids is 2. The highest BCUT2D eigenvalue weighted by Crippen LogP contribution is 2.33. The van der Waals surface area contributed by atoms with E-state index in [9.17, 15) is 9.59 Å². The van der Waals surface area contributed by atoms with Crippen molar-refractivity contribution in [3.8, 4) is 17.1 Å². The summed E-state index contributed by atoms with van der Waals surface area (Å²) in [5.74, 6) is 1.65. The van der Waals surface area contributed by atoms with Crippen molar-refractivity contribution in [1.29, 1.82) is 0 Å². The maximum Gasteiger partial charge on any atom is 0.437 e. The maximum absolute atomic E-state index is 12.7. The van der Waals surface area contributed by atoms with Crippen LogP contribution in [0.25, 0.3) is 22.2 Å². The number of fused-ring (bicyclic) bond motifs is 1. The topological polar surface area (TPSA) is 128 Å². The van der Waals surface area contributed by atoms with Gasteiger partial charge in [0.15, 0.2) is 0 Å². The van der Waals surface area contributed by atoms with Gasteiger partial charge in [-0.05, 0) is 89.8 Å². The molecule has 1 aliphatic heterocycles. The molecule has 1 unspecified atom stereocenters. The van der Waals surface area contributed by atoms with Gasteiger partial charge >= 0.3 is 12.2 Å². The molecule has 1 fully saturated rings. The Kier molecular flexibility index (Phi) is 9.93. The van der Waals surface area contributed by atoms with Gasteiger partial charge in [0.05, 0.1) is 6.61 Å². The summed E-state index contributed by atoms with van der Waals surface area (Å²) in [5.41, 5.74) is -0.694. The third-order valence-electron chi connectivity index (χ3n) is 6.54. The number of ether oxygens (including phenoxy) is 3. The number of benzene rings is 2. The number of nitrogens with zero attached hydrogens (tertiary/aromatic N) is 4. The lowest BCUT2D eigenvalue weighted by molar-refractivity contribution is 0.0553. The van der Waals surface area contributed by atoms with E-state index in [-0.39, 0.29) is 5.96 Å². The van der Waals surface area contributed by atoms with Gasteiger partial charge < -0.3 is 23.6 Å². The zero-order chi connectivity index (χ0) is 31.2. The molecular weight excluding hydrogens is 550 g/mol. The van der Waals surface area contributed by atoms with Crippen LogP contribution in [0.3, 0.4) is 0 Å². The Bertz CT molecular complexity index is 1450. The smallest absolute Gasteiger partial charge is 0.437 e. The van der Waals surface area contributed by atoms with Crippen molar-refractivity contribution in [3.05, 3.63) is 42.3 Å². The van der Waals surface area contributed by atoms with E-state index < -0.39 is 29.4 Å². The summed E-state index contributed by atoms with van der Waals surface area (Å²) in [6, 6.07) is 11.6. The molecule has 2 amide bonds. The second-order valence-electron chi connectivity index (χ2n) is 12.6. The molecule has 232 valence electrons. The fourth-order valence-corrected chi connectivity index (χ4v) is 4.69. The zero-order valence-electron chi connectivity index (χ0n) is 26.2. The average Bonchev–Trinajstić information content (AvgIpc) is 3.58. The summed E-state index contributed by atoms with van der Waals surface area (Å²) >= 11 is 0. The van der Waals surface area contributed by atoms with Gasteiger partial charge in [0.2, 0.25) is 17.7 Å². The Balaban J connectivity index is 1.54. The molecule has 11 nitrogen and oxygen atoms in total. The number of hydrogen-bond acceptors (Lipinski definition) is 8. The molecule has 11 heteroatoms. The minimum Gasteiger partial charge on any atom is -0.494 e. The maximum atomic E-state index is 12.7. The van der Waals surface area contributed by atoms with E-state index in [0.29, 0.717) is 31.3 Å². The van der Waals surface area contributed by atoms with Crippen molar-refractivity contribution in [2.75, 3.05) is 13.2 Å². The van der Waals surface area contributed by atoms with Gasteiger partial charge in [0.25, 0.3) is 0 Å². The normalized spacial score (nSPS) is 15.9. The van der Waals surface area contributed by atoms with Crippen LogP contribution in [-0.4, -0.2) is 57.5 Å². The van der Waals surface area contributed by atoms with Crippen molar-refractivity contribution >= 4 is 28.9 Å². The molecule has 1 atom stereocenters. The van der Waals surface area contributed by atoms with Gasteiger partial charge in [-0.3, -0.25) is 5.32 Å². The molecule has 0 bridgehead atoms. The number of amides is 2.